The molecule has 0 amide bonds. The fourth-order valence-corrected chi connectivity index (χ4v) is 1.67. The predicted octanol–water partition coefficient (Wildman–Crippen LogP) is 3.14. The summed E-state index contributed by atoms with van der Waals surface area (Å²) in [5.41, 5.74) is 3.43. The van der Waals surface area contributed by atoms with Gasteiger partial charge in [0.25, 0.3) is 0 Å². The molecule has 2 aromatic rings. The van der Waals surface area contributed by atoms with Crippen molar-refractivity contribution in [3.63, 3.8) is 0 Å². The molecule has 0 aliphatic heterocycles. The molecule has 1 aromatic carbocycles. The van der Waals surface area contributed by atoms with Crippen molar-refractivity contribution in [1.29, 1.82) is 0 Å². The minimum atomic E-state index is 0.685. The van der Waals surface area contributed by atoms with Gasteiger partial charge in [0.05, 0.1) is 5.69 Å². The second kappa shape index (κ2) is 5.43. The number of hydrogen-bond donors (Lipinski definition) is 1. The van der Waals surface area contributed by atoms with E-state index in [9.17, 15) is 0 Å². The Bertz CT molecular complexity index is 477. The first-order chi connectivity index (χ1) is 8.33. The van der Waals surface area contributed by atoms with Crippen molar-refractivity contribution < 1.29 is 0 Å². The van der Waals surface area contributed by atoms with Crippen molar-refractivity contribution >= 4 is 5.95 Å². The molecule has 3 nitrogen and oxygen atoms in total. The minimum Gasteiger partial charge on any atom is -0.354 e. The SMILES string of the molecule is CCNc1nccc(-c2ccc(CC)cc2)n1. The maximum atomic E-state index is 4.47. The van der Waals surface area contributed by atoms with Gasteiger partial charge in [-0.1, -0.05) is 31.2 Å². The van der Waals surface area contributed by atoms with Gasteiger partial charge in [0, 0.05) is 18.3 Å². The molecule has 0 bridgehead atoms. The first kappa shape index (κ1) is 11.6. The summed E-state index contributed by atoms with van der Waals surface area (Å²) in [4.78, 5) is 8.63. The van der Waals surface area contributed by atoms with Crippen LogP contribution in [0, 0.1) is 0 Å². The molecular formula is C14H17N3. The van der Waals surface area contributed by atoms with Gasteiger partial charge in [-0.2, -0.15) is 0 Å². The number of hydrogen-bond acceptors (Lipinski definition) is 3. The van der Waals surface area contributed by atoms with Gasteiger partial charge in [0.1, 0.15) is 0 Å². The van der Waals surface area contributed by atoms with Crippen LogP contribution in [0.25, 0.3) is 11.3 Å². The molecule has 0 atom stereocenters. The highest BCUT2D eigenvalue weighted by atomic mass is 15.1. The zero-order valence-corrected chi connectivity index (χ0v) is 10.3. The average molecular weight is 227 g/mol. The van der Waals surface area contributed by atoms with Crippen LogP contribution in [0.5, 0.6) is 0 Å². The van der Waals surface area contributed by atoms with E-state index in [2.05, 4.69) is 46.5 Å². The number of aromatic nitrogens is 2. The fraction of sp³-hybridized carbons (Fsp3) is 0.286. The van der Waals surface area contributed by atoms with Gasteiger partial charge in [0.15, 0.2) is 0 Å². The van der Waals surface area contributed by atoms with E-state index in [0.29, 0.717) is 5.95 Å². The Morgan fingerprint density at radius 3 is 2.47 bits per heavy atom. The summed E-state index contributed by atoms with van der Waals surface area (Å²) < 4.78 is 0. The lowest BCUT2D eigenvalue weighted by molar-refractivity contribution is 1.09. The highest BCUT2D eigenvalue weighted by molar-refractivity contribution is 5.60. The molecule has 0 unspecified atom stereocenters. The zero-order chi connectivity index (χ0) is 12.1. The first-order valence-corrected chi connectivity index (χ1v) is 5.99. The molecule has 88 valence electrons. The van der Waals surface area contributed by atoms with Gasteiger partial charge < -0.3 is 5.32 Å². The summed E-state index contributed by atoms with van der Waals surface area (Å²) >= 11 is 0. The summed E-state index contributed by atoms with van der Waals surface area (Å²) in [6.45, 7) is 5.02. The van der Waals surface area contributed by atoms with E-state index in [1.165, 1.54) is 5.56 Å². The quantitative estimate of drug-likeness (QED) is 0.872. The first-order valence-electron chi connectivity index (χ1n) is 5.99. The number of aryl methyl sites for hydroxylation is 1. The van der Waals surface area contributed by atoms with Gasteiger partial charge >= 0.3 is 0 Å². The van der Waals surface area contributed by atoms with Crippen molar-refractivity contribution in [2.75, 3.05) is 11.9 Å². The normalized spacial score (nSPS) is 10.2. The monoisotopic (exact) mass is 227 g/mol. The number of nitrogens with zero attached hydrogens (tertiary/aromatic N) is 2. The lowest BCUT2D eigenvalue weighted by Gasteiger charge is -2.05. The van der Waals surface area contributed by atoms with Gasteiger partial charge in [-0.25, -0.2) is 9.97 Å². The van der Waals surface area contributed by atoms with E-state index in [1.54, 1.807) is 6.20 Å². The Labute approximate surface area is 102 Å². The van der Waals surface area contributed by atoms with Crippen LogP contribution >= 0.6 is 0 Å². The molecule has 0 saturated carbocycles. The summed E-state index contributed by atoms with van der Waals surface area (Å²) in [7, 11) is 0. The lowest BCUT2D eigenvalue weighted by Crippen LogP contribution is -2.02. The molecule has 0 radical (unpaired) electrons. The van der Waals surface area contributed by atoms with Gasteiger partial charge in [-0.3, -0.25) is 0 Å². The molecule has 1 N–H and O–H groups in total. The Morgan fingerprint density at radius 2 is 1.82 bits per heavy atom. The zero-order valence-electron chi connectivity index (χ0n) is 10.3. The smallest absolute Gasteiger partial charge is 0.223 e. The summed E-state index contributed by atoms with van der Waals surface area (Å²) in [6, 6.07) is 10.4. The van der Waals surface area contributed by atoms with E-state index in [0.717, 1.165) is 24.2 Å². The molecule has 1 heterocycles. The molecule has 3 heteroatoms. The van der Waals surface area contributed by atoms with E-state index in [4.69, 9.17) is 0 Å². The van der Waals surface area contributed by atoms with Crippen molar-refractivity contribution in [2.24, 2.45) is 0 Å². The maximum Gasteiger partial charge on any atom is 0.223 e. The molecule has 0 spiro atoms. The number of nitrogens with one attached hydrogen (secondary N) is 1. The van der Waals surface area contributed by atoms with Crippen molar-refractivity contribution in [3.8, 4) is 11.3 Å². The highest BCUT2D eigenvalue weighted by Crippen LogP contribution is 2.18. The van der Waals surface area contributed by atoms with E-state index in [-0.39, 0.29) is 0 Å². The Balaban J connectivity index is 2.28. The predicted molar refractivity (Wildman–Crippen MR) is 71.0 cm³/mol. The second-order valence-corrected chi connectivity index (χ2v) is 3.85. The van der Waals surface area contributed by atoms with Crippen LogP contribution in [-0.2, 0) is 6.42 Å². The number of anilines is 1. The van der Waals surface area contributed by atoms with Crippen molar-refractivity contribution in [2.45, 2.75) is 20.3 Å². The lowest BCUT2D eigenvalue weighted by atomic mass is 10.1. The van der Waals surface area contributed by atoms with Crippen LogP contribution in [0.15, 0.2) is 36.5 Å². The molecule has 2 rings (SSSR count). The number of rotatable bonds is 4. The standard InChI is InChI=1S/C14H17N3/c1-3-11-5-7-12(8-6-11)13-9-10-16-14(17-13)15-4-2/h5-10H,3-4H2,1-2H3,(H,15,16,17). The largest absolute Gasteiger partial charge is 0.354 e. The molecule has 0 aliphatic carbocycles. The summed E-state index contributed by atoms with van der Waals surface area (Å²) in [5, 5.41) is 3.12. The topological polar surface area (TPSA) is 37.8 Å². The molecular weight excluding hydrogens is 210 g/mol. The molecule has 17 heavy (non-hydrogen) atoms. The van der Waals surface area contributed by atoms with Crippen LogP contribution in [0.3, 0.4) is 0 Å². The molecule has 0 saturated heterocycles. The highest BCUT2D eigenvalue weighted by Gasteiger charge is 2.01. The van der Waals surface area contributed by atoms with Crippen molar-refractivity contribution in [1.82, 2.24) is 9.97 Å². The van der Waals surface area contributed by atoms with Crippen molar-refractivity contribution in [3.05, 3.63) is 42.1 Å². The van der Waals surface area contributed by atoms with Crippen LogP contribution in [0.2, 0.25) is 0 Å². The summed E-state index contributed by atoms with van der Waals surface area (Å²) in [5.74, 6) is 0.685. The Hall–Kier alpha value is -1.90. The van der Waals surface area contributed by atoms with E-state index in [1.807, 2.05) is 13.0 Å². The minimum absolute atomic E-state index is 0.685. The van der Waals surface area contributed by atoms with Crippen LogP contribution in [-0.4, -0.2) is 16.5 Å². The third kappa shape index (κ3) is 2.81. The molecule has 0 fully saturated rings. The average Bonchev–Trinajstić information content (AvgIpc) is 2.40. The van der Waals surface area contributed by atoms with Gasteiger partial charge in [-0.05, 0) is 25.0 Å². The second-order valence-electron chi connectivity index (χ2n) is 3.85. The fourth-order valence-electron chi connectivity index (χ4n) is 1.67. The van der Waals surface area contributed by atoms with E-state index < -0.39 is 0 Å². The third-order valence-electron chi connectivity index (χ3n) is 2.65. The van der Waals surface area contributed by atoms with Crippen LogP contribution < -0.4 is 5.32 Å². The van der Waals surface area contributed by atoms with Gasteiger partial charge in [-0.15, -0.1) is 0 Å². The van der Waals surface area contributed by atoms with E-state index >= 15 is 0 Å². The van der Waals surface area contributed by atoms with Gasteiger partial charge in [0.2, 0.25) is 5.95 Å². The van der Waals surface area contributed by atoms with Crippen LogP contribution in [0.4, 0.5) is 5.95 Å². The van der Waals surface area contributed by atoms with Crippen LogP contribution in [0.1, 0.15) is 19.4 Å². The molecule has 1 aromatic heterocycles. The summed E-state index contributed by atoms with van der Waals surface area (Å²) in [6.07, 6.45) is 2.85. The Kier molecular flexibility index (Phi) is 3.70. The number of benzene rings is 1. The maximum absolute atomic E-state index is 4.47. The molecule has 0 aliphatic rings. The third-order valence-corrected chi connectivity index (χ3v) is 2.65. The Morgan fingerprint density at radius 1 is 1.06 bits per heavy atom.